The lowest BCUT2D eigenvalue weighted by atomic mass is 9.92. The van der Waals surface area contributed by atoms with Crippen molar-refractivity contribution >= 4 is 5.91 Å². The van der Waals surface area contributed by atoms with Gasteiger partial charge >= 0.3 is 0 Å². The zero-order valence-corrected chi connectivity index (χ0v) is 14.1. The molecular formula is C19H25N3O2. The quantitative estimate of drug-likeness (QED) is 0.918. The van der Waals surface area contributed by atoms with Gasteiger partial charge < -0.3 is 10.0 Å². The van der Waals surface area contributed by atoms with Crippen LogP contribution in [0.5, 0.6) is 0 Å². The largest absolute Gasteiger partial charge is 0.391 e. The Hall–Kier alpha value is -2.14. The van der Waals surface area contributed by atoms with Gasteiger partial charge in [-0.05, 0) is 37.3 Å². The number of aryl methyl sites for hydroxylation is 1. The molecule has 5 heteroatoms. The Morgan fingerprint density at radius 1 is 1.29 bits per heavy atom. The predicted octanol–water partition coefficient (Wildman–Crippen LogP) is 2.50. The molecule has 24 heavy (non-hydrogen) atoms. The van der Waals surface area contributed by atoms with Crippen LogP contribution < -0.4 is 0 Å². The Balaban J connectivity index is 1.83. The number of carbonyl (C=O) groups is 1. The second-order valence-electron chi connectivity index (χ2n) is 6.40. The maximum atomic E-state index is 13.1. The van der Waals surface area contributed by atoms with Crippen molar-refractivity contribution in [1.82, 2.24) is 14.7 Å². The molecule has 1 aromatic heterocycles. The van der Waals surface area contributed by atoms with E-state index in [2.05, 4.69) is 12.0 Å². The van der Waals surface area contributed by atoms with Crippen molar-refractivity contribution < 1.29 is 9.90 Å². The van der Waals surface area contributed by atoms with Gasteiger partial charge in [0.05, 0.1) is 12.1 Å². The first kappa shape index (κ1) is 16.7. The molecule has 0 unspecified atom stereocenters. The van der Waals surface area contributed by atoms with Gasteiger partial charge in [0.1, 0.15) is 5.69 Å². The summed E-state index contributed by atoms with van der Waals surface area (Å²) in [6.07, 6.45) is 4.38. The van der Waals surface area contributed by atoms with Crippen molar-refractivity contribution in [2.45, 2.75) is 51.3 Å². The highest BCUT2D eigenvalue weighted by Crippen LogP contribution is 2.23. The van der Waals surface area contributed by atoms with E-state index in [1.54, 1.807) is 16.9 Å². The number of carbonyl (C=O) groups excluding carboxylic acids is 1. The third kappa shape index (κ3) is 3.51. The lowest BCUT2D eigenvalue weighted by Gasteiger charge is -2.39. The summed E-state index contributed by atoms with van der Waals surface area (Å²) < 4.78 is 1.77. The minimum absolute atomic E-state index is 0.0272. The smallest absolute Gasteiger partial charge is 0.272 e. The maximum Gasteiger partial charge on any atom is 0.272 e. The summed E-state index contributed by atoms with van der Waals surface area (Å²) >= 11 is 0. The molecule has 1 saturated heterocycles. The van der Waals surface area contributed by atoms with Crippen LogP contribution in [-0.4, -0.2) is 44.4 Å². The van der Waals surface area contributed by atoms with Gasteiger partial charge in [0, 0.05) is 19.3 Å². The molecule has 0 aliphatic carbocycles. The minimum atomic E-state index is -0.481. The Kier molecular flexibility index (Phi) is 5.30. The molecule has 0 radical (unpaired) electrons. The van der Waals surface area contributed by atoms with Gasteiger partial charge in [0.2, 0.25) is 0 Å². The van der Waals surface area contributed by atoms with Crippen molar-refractivity contribution in [3.8, 4) is 0 Å². The number of rotatable bonds is 5. The van der Waals surface area contributed by atoms with Crippen LogP contribution in [0.25, 0.3) is 0 Å². The second-order valence-corrected chi connectivity index (χ2v) is 6.40. The van der Waals surface area contributed by atoms with Crippen LogP contribution in [0.4, 0.5) is 0 Å². The summed E-state index contributed by atoms with van der Waals surface area (Å²) in [6, 6.07) is 11.7. The Bertz CT molecular complexity index is 668. The normalized spacial score (nSPS) is 21.0. The van der Waals surface area contributed by atoms with Gasteiger partial charge in [0.15, 0.2) is 0 Å². The van der Waals surface area contributed by atoms with Gasteiger partial charge in [-0.2, -0.15) is 5.10 Å². The zero-order chi connectivity index (χ0) is 16.9. The summed E-state index contributed by atoms with van der Waals surface area (Å²) in [4.78, 5) is 14.9. The third-order valence-corrected chi connectivity index (χ3v) is 4.66. The SMILES string of the molecule is CCCn1nccc1C(=O)N1CCC[C@H](O)[C@@H]1Cc1ccccc1. The molecule has 1 amide bonds. The Labute approximate surface area is 142 Å². The number of piperidine rings is 1. The molecule has 128 valence electrons. The standard InChI is InChI=1S/C19H25N3O2/c1-2-12-22-16(10-11-20-22)19(24)21-13-6-9-18(23)17(21)14-15-7-4-3-5-8-15/h3-5,7-8,10-11,17-18,23H,2,6,9,12-14H2,1H3/t17-,18-/m0/s1. The van der Waals surface area contributed by atoms with Crippen molar-refractivity contribution in [1.29, 1.82) is 0 Å². The summed E-state index contributed by atoms with van der Waals surface area (Å²) in [5.41, 5.74) is 1.76. The van der Waals surface area contributed by atoms with Crippen molar-refractivity contribution in [3.63, 3.8) is 0 Å². The highest BCUT2D eigenvalue weighted by Gasteiger charge is 2.34. The zero-order valence-electron chi connectivity index (χ0n) is 14.1. The number of aromatic nitrogens is 2. The fraction of sp³-hybridized carbons (Fsp3) is 0.474. The summed E-state index contributed by atoms with van der Waals surface area (Å²) in [5, 5.41) is 14.8. The molecule has 0 saturated carbocycles. The first-order valence-corrected chi connectivity index (χ1v) is 8.75. The van der Waals surface area contributed by atoms with E-state index in [9.17, 15) is 9.90 Å². The Morgan fingerprint density at radius 2 is 2.08 bits per heavy atom. The lowest BCUT2D eigenvalue weighted by molar-refractivity contribution is 0.0111. The molecule has 0 bridgehead atoms. The molecule has 2 heterocycles. The van der Waals surface area contributed by atoms with E-state index in [0.29, 0.717) is 18.7 Å². The number of hydrogen-bond donors (Lipinski definition) is 1. The summed E-state index contributed by atoms with van der Waals surface area (Å²) in [5.74, 6) is -0.0272. The average molecular weight is 327 g/mol. The number of hydrogen-bond acceptors (Lipinski definition) is 3. The first-order valence-electron chi connectivity index (χ1n) is 8.75. The molecule has 2 atom stereocenters. The number of aliphatic hydroxyl groups excluding tert-OH is 1. The van der Waals surface area contributed by atoms with Gasteiger partial charge in [-0.1, -0.05) is 37.3 Å². The molecule has 5 nitrogen and oxygen atoms in total. The fourth-order valence-electron chi connectivity index (χ4n) is 3.44. The van der Waals surface area contributed by atoms with Crippen LogP contribution in [0, 0.1) is 0 Å². The van der Waals surface area contributed by atoms with Crippen molar-refractivity contribution in [2.75, 3.05) is 6.54 Å². The summed E-state index contributed by atoms with van der Waals surface area (Å²) in [7, 11) is 0. The molecule has 2 aromatic rings. The van der Waals surface area contributed by atoms with Crippen LogP contribution in [0.1, 0.15) is 42.2 Å². The number of aliphatic hydroxyl groups is 1. The van der Waals surface area contributed by atoms with Gasteiger partial charge in [0.25, 0.3) is 5.91 Å². The van der Waals surface area contributed by atoms with Crippen LogP contribution in [-0.2, 0) is 13.0 Å². The molecule has 1 N–H and O–H groups in total. The molecular weight excluding hydrogens is 302 g/mol. The number of nitrogens with zero attached hydrogens (tertiary/aromatic N) is 3. The number of likely N-dealkylation sites (tertiary alicyclic amines) is 1. The van der Waals surface area contributed by atoms with Gasteiger partial charge in [-0.15, -0.1) is 0 Å². The van der Waals surface area contributed by atoms with E-state index in [1.807, 2.05) is 35.2 Å². The highest BCUT2D eigenvalue weighted by atomic mass is 16.3. The van der Waals surface area contributed by atoms with Crippen molar-refractivity contribution in [2.24, 2.45) is 0 Å². The third-order valence-electron chi connectivity index (χ3n) is 4.66. The van der Waals surface area contributed by atoms with Crippen LogP contribution in [0.3, 0.4) is 0 Å². The van der Waals surface area contributed by atoms with E-state index < -0.39 is 6.10 Å². The lowest BCUT2D eigenvalue weighted by Crippen LogP contribution is -2.52. The number of benzene rings is 1. The van der Waals surface area contributed by atoms with Crippen LogP contribution in [0.15, 0.2) is 42.6 Å². The van der Waals surface area contributed by atoms with Gasteiger partial charge in [-0.25, -0.2) is 0 Å². The topological polar surface area (TPSA) is 58.4 Å². The first-order chi connectivity index (χ1) is 11.7. The predicted molar refractivity (Wildman–Crippen MR) is 92.7 cm³/mol. The second kappa shape index (κ2) is 7.62. The molecule has 1 aromatic carbocycles. The molecule has 1 fully saturated rings. The van der Waals surface area contributed by atoms with E-state index >= 15 is 0 Å². The van der Waals surface area contributed by atoms with Crippen molar-refractivity contribution in [3.05, 3.63) is 53.9 Å². The molecule has 3 rings (SSSR count). The fourth-order valence-corrected chi connectivity index (χ4v) is 3.44. The molecule has 1 aliphatic heterocycles. The minimum Gasteiger partial charge on any atom is -0.391 e. The van der Waals surface area contributed by atoms with E-state index in [4.69, 9.17) is 0 Å². The highest BCUT2D eigenvalue weighted by molar-refractivity contribution is 5.92. The van der Waals surface area contributed by atoms with E-state index in [0.717, 1.165) is 31.4 Å². The molecule has 0 spiro atoms. The average Bonchev–Trinajstić information content (AvgIpc) is 3.06. The van der Waals surface area contributed by atoms with E-state index in [-0.39, 0.29) is 11.9 Å². The summed E-state index contributed by atoms with van der Waals surface area (Å²) in [6.45, 7) is 3.48. The van der Waals surface area contributed by atoms with Crippen LogP contribution in [0.2, 0.25) is 0 Å². The monoisotopic (exact) mass is 327 g/mol. The van der Waals surface area contributed by atoms with Gasteiger partial charge in [-0.3, -0.25) is 9.48 Å². The van der Waals surface area contributed by atoms with Crippen LogP contribution >= 0.6 is 0 Å². The maximum absolute atomic E-state index is 13.1. The van der Waals surface area contributed by atoms with E-state index in [1.165, 1.54) is 0 Å². The Morgan fingerprint density at radius 3 is 2.83 bits per heavy atom. The number of amides is 1. The molecule has 1 aliphatic rings.